The third kappa shape index (κ3) is 3.93. The maximum Gasteiger partial charge on any atom is 0.311 e. The first kappa shape index (κ1) is 20.8. The lowest BCUT2D eigenvalue weighted by molar-refractivity contribution is -0.385. The standard InChI is InChI=1S/C22H21ClFN5O3/c1-28-9-15-13(16(15)10-28)4-5-32-21-8-19-14(7-20(21)29(30)31)22(26-11-25-19)27-12-2-3-18(24)17(23)6-12/h2-3,6-8,11,13,15-16H,4-5,9-10H2,1H3,(H,25,26,27)/t13-,15-,16+. The van der Waals surface area contributed by atoms with Crippen LogP contribution in [0.2, 0.25) is 5.02 Å². The summed E-state index contributed by atoms with van der Waals surface area (Å²) < 4.78 is 19.3. The maximum absolute atomic E-state index is 13.4. The van der Waals surface area contributed by atoms with Crippen LogP contribution in [0.25, 0.3) is 10.9 Å². The van der Waals surface area contributed by atoms with Gasteiger partial charge in [0, 0.05) is 30.9 Å². The molecule has 1 aliphatic heterocycles. The van der Waals surface area contributed by atoms with E-state index in [4.69, 9.17) is 16.3 Å². The third-order valence-corrected chi connectivity index (χ3v) is 6.65. The molecular weight excluding hydrogens is 437 g/mol. The van der Waals surface area contributed by atoms with E-state index in [1.54, 1.807) is 6.07 Å². The van der Waals surface area contributed by atoms with Gasteiger partial charge in [-0.25, -0.2) is 14.4 Å². The molecule has 10 heteroatoms. The predicted molar refractivity (Wildman–Crippen MR) is 119 cm³/mol. The van der Waals surface area contributed by atoms with E-state index >= 15 is 0 Å². The largest absolute Gasteiger partial charge is 0.487 e. The lowest BCUT2D eigenvalue weighted by atomic mass is 10.2. The minimum atomic E-state index is -0.538. The summed E-state index contributed by atoms with van der Waals surface area (Å²) in [5, 5.41) is 15.2. The van der Waals surface area contributed by atoms with Crippen molar-refractivity contribution in [1.82, 2.24) is 14.9 Å². The lowest BCUT2D eigenvalue weighted by Gasteiger charge is -2.13. The molecule has 3 atom stereocenters. The normalized spacial score (nSPS) is 22.0. The average Bonchev–Trinajstić information content (AvgIpc) is 3.21. The highest BCUT2D eigenvalue weighted by atomic mass is 35.5. The molecule has 0 unspecified atom stereocenters. The Hall–Kier alpha value is -3.04. The van der Waals surface area contributed by atoms with Crippen molar-refractivity contribution in [3.63, 3.8) is 0 Å². The topological polar surface area (TPSA) is 93.4 Å². The van der Waals surface area contributed by atoms with Crippen molar-refractivity contribution in [3.8, 4) is 5.75 Å². The zero-order valence-electron chi connectivity index (χ0n) is 17.3. The molecule has 2 fully saturated rings. The second-order valence-electron chi connectivity index (χ2n) is 8.42. The highest BCUT2D eigenvalue weighted by Crippen LogP contribution is 2.53. The number of hydrogen-bond donors (Lipinski definition) is 1. The number of halogens is 2. The Kier molecular flexibility index (Phi) is 5.30. The SMILES string of the molecule is CN1C[C@@H]2[C@@H](CCOc3cc4ncnc(Nc5ccc(F)c(Cl)c5)c4cc3[N+](=O)[O-])[C@@H]2C1. The Morgan fingerprint density at radius 3 is 2.78 bits per heavy atom. The first-order chi connectivity index (χ1) is 15.4. The van der Waals surface area contributed by atoms with Gasteiger partial charge in [0.25, 0.3) is 0 Å². The molecule has 1 saturated carbocycles. The van der Waals surface area contributed by atoms with Gasteiger partial charge in [-0.15, -0.1) is 0 Å². The fourth-order valence-corrected chi connectivity index (χ4v) is 4.91. The average molecular weight is 458 g/mol. The van der Waals surface area contributed by atoms with Crippen molar-refractivity contribution in [2.45, 2.75) is 6.42 Å². The zero-order chi connectivity index (χ0) is 22.4. The van der Waals surface area contributed by atoms with Gasteiger partial charge >= 0.3 is 5.69 Å². The molecule has 3 aromatic rings. The highest BCUT2D eigenvalue weighted by Gasteiger charge is 2.53. The second kappa shape index (κ2) is 8.14. The Labute approximate surface area is 188 Å². The van der Waals surface area contributed by atoms with E-state index < -0.39 is 10.7 Å². The van der Waals surface area contributed by atoms with Crippen LogP contribution in [0.5, 0.6) is 5.75 Å². The van der Waals surface area contributed by atoms with Gasteiger partial charge in [0.15, 0.2) is 5.75 Å². The number of likely N-dealkylation sites (tertiary alicyclic amines) is 1. The highest BCUT2D eigenvalue weighted by molar-refractivity contribution is 6.31. The number of anilines is 2. The van der Waals surface area contributed by atoms with Gasteiger partial charge < -0.3 is 15.0 Å². The minimum absolute atomic E-state index is 0.0403. The molecule has 2 heterocycles. The van der Waals surface area contributed by atoms with Crippen molar-refractivity contribution in [3.05, 3.63) is 57.6 Å². The second-order valence-corrected chi connectivity index (χ2v) is 8.83. The number of aromatic nitrogens is 2. The summed E-state index contributed by atoms with van der Waals surface area (Å²) in [4.78, 5) is 22.0. The third-order valence-electron chi connectivity index (χ3n) is 6.36. The van der Waals surface area contributed by atoms with Crippen LogP contribution in [0, 0.1) is 33.7 Å². The summed E-state index contributed by atoms with van der Waals surface area (Å²) >= 11 is 5.84. The van der Waals surface area contributed by atoms with E-state index in [2.05, 4.69) is 27.2 Å². The number of nitro benzene ring substituents is 1. The van der Waals surface area contributed by atoms with Gasteiger partial charge in [0.05, 0.1) is 27.5 Å². The number of fused-ring (bicyclic) bond motifs is 2. The molecule has 1 N–H and O–H groups in total. The molecule has 8 nitrogen and oxygen atoms in total. The van der Waals surface area contributed by atoms with E-state index in [-0.39, 0.29) is 16.5 Å². The van der Waals surface area contributed by atoms with Crippen molar-refractivity contribution in [2.75, 3.05) is 32.1 Å². The molecule has 1 saturated heterocycles. The quantitative estimate of drug-likeness (QED) is 0.407. The van der Waals surface area contributed by atoms with Crippen LogP contribution < -0.4 is 10.1 Å². The molecule has 5 rings (SSSR count). The van der Waals surface area contributed by atoms with Crippen LogP contribution in [0.1, 0.15) is 6.42 Å². The summed E-state index contributed by atoms with van der Waals surface area (Å²) in [6.45, 7) is 2.67. The Bertz CT molecular complexity index is 1200. The van der Waals surface area contributed by atoms with Crippen LogP contribution in [0.3, 0.4) is 0 Å². The number of rotatable bonds is 7. The number of nitro groups is 1. The summed E-state index contributed by atoms with van der Waals surface area (Å²) in [5.74, 6) is 2.12. The molecule has 32 heavy (non-hydrogen) atoms. The molecule has 2 aliphatic rings. The smallest absolute Gasteiger partial charge is 0.311 e. The number of ether oxygens (including phenoxy) is 1. The van der Waals surface area contributed by atoms with Crippen molar-refractivity contribution < 1.29 is 14.1 Å². The van der Waals surface area contributed by atoms with Crippen LogP contribution in [-0.4, -0.2) is 46.5 Å². The van der Waals surface area contributed by atoms with Crippen molar-refractivity contribution in [2.24, 2.45) is 17.8 Å². The molecular formula is C22H21ClFN5O3. The molecule has 0 radical (unpaired) electrons. The first-order valence-electron chi connectivity index (χ1n) is 10.4. The molecule has 1 aromatic heterocycles. The molecule has 2 aromatic carbocycles. The van der Waals surface area contributed by atoms with E-state index in [0.29, 0.717) is 34.9 Å². The monoisotopic (exact) mass is 457 g/mol. The van der Waals surface area contributed by atoms with E-state index in [1.807, 2.05) is 0 Å². The number of nitrogens with one attached hydrogen (secondary N) is 1. The summed E-state index contributed by atoms with van der Waals surface area (Å²) in [6.07, 6.45) is 2.24. The Balaban J connectivity index is 1.37. The molecule has 0 spiro atoms. The maximum atomic E-state index is 13.4. The molecule has 0 amide bonds. The van der Waals surface area contributed by atoms with Crippen molar-refractivity contribution in [1.29, 1.82) is 0 Å². The van der Waals surface area contributed by atoms with Crippen LogP contribution in [0.15, 0.2) is 36.7 Å². The van der Waals surface area contributed by atoms with Gasteiger partial charge in [0.2, 0.25) is 0 Å². The fourth-order valence-electron chi connectivity index (χ4n) is 4.73. The van der Waals surface area contributed by atoms with Crippen LogP contribution in [0.4, 0.5) is 21.6 Å². The number of benzene rings is 2. The molecule has 1 aliphatic carbocycles. The fraction of sp³-hybridized carbons (Fsp3) is 0.364. The number of piperidine rings is 1. The number of hydrogen-bond acceptors (Lipinski definition) is 7. The first-order valence-corrected chi connectivity index (χ1v) is 10.7. The van der Waals surface area contributed by atoms with E-state index in [1.165, 1.54) is 30.6 Å². The Morgan fingerprint density at radius 2 is 2.06 bits per heavy atom. The summed E-state index contributed by atoms with van der Waals surface area (Å²) in [7, 11) is 2.13. The van der Waals surface area contributed by atoms with Crippen LogP contribution >= 0.6 is 11.6 Å². The zero-order valence-corrected chi connectivity index (χ0v) is 18.1. The number of nitrogens with zero attached hydrogens (tertiary/aromatic N) is 4. The lowest BCUT2D eigenvalue weighted by Crippen LogP contribution is -2.19. The van der Waals surface area contributed by atoms with E-state index in [9.17, 15) is 14.5 Å². The Morgan fingerprint density at radius 1 is 1.28 bits per heavy atom. The van der Waals surface area contributed by atoms with Gasteiger partial charge in [0.1, 0.15) is 18.0 Å². The van der Waals surface area contributed by atoms with Crippen molar-refractivity contribution >= 4 is 39.7 Å². The van der Waals surface area contributed by atoms with E-state index in [0.717, 1.165) is 31.3 Å². The van der Waals surface area contributed by atoms with Gasteiger partial charge in [-0.1, -0.05) is 11.6 Å². The van der Waals surface area contributed by atoms with Gasteiger partial charge in [-0.2, -0.15) is 0 Å². The summed E-state index contributed by atoms with van der Waals surface area (Å²) in [6, 6.07) is 7.13. The molecule has 166 valence electrons. The van der Waals surface area contributed by atoms with Crippen LogP contribution in [-0.2, 0) is 0 Å². The summed E-state index contributed by atoms with van der Waals surface area (Å²) in [5.41, 5.74) is 0.851. The predicted octanol–water partition coefficient (Wildman–Crippen LogP) is 4.65. The van der Waals surface area contributed by atoms with Gasteiger partial charge in [-0.05, 0) is 49.4 Å². The minimum Gasteiger partial charge on any atom is -0.487 e. The molecule has 0 bridgehead atoms. The van der Waals surface area contributed by atoms with Gasteiger partial charge in [-0.3, -0.25) is 10.1 Å².